The lowest BCUT2D eigenvalue weighted by atomic mass is 9.88. The zero-order valence-electron chi connectivity index (χ0n) is 15.7. The van der Waals surface area contributed by atoms with Crippen molar-refractivity contribution in [1.82, 2.24) is 5.32 Å². The van der Waals surface area contributed by atoms with Gasteiger partial charge in [-0.1, -0.05) is 57.0 Å². The van der Waals surface area contributed by atoms with Gasteiger partial charge in [0.2, 0.25) is 0 Å². The fourth-order valence-corrected chi connectivity index (χ4v) is 6.37. The highest BCUT2D eigenvalue weighted by molar-refractivity contribution is 9.10. The molecule has 0 amide bonds. The molecule has 4 nitrogen and oxygen atoms in total. The molecule has 0 aromatic heterocycles. The van der Waals surface area contributed by atoms with Crippen LogP contribution in [0.4, 0.5) is 0 Å². The molecule has 0 saturated heterocycles. The Labute approximate surface area is 170 Å². The first-order valence-corrected chi connectivity index (χ1v) is 11.8. The minimum Gasteiger partial charge on any atom is -0.507 e. The van der Waals surface area contributed by atoms with Crippen molar-refractivity contribution >= 4 is 25.8 Å². The van der Waals surface area contributed by atoms with Crippen LogP contribution in [0.2, 0.25) is 0 Å². The van der Waals surface area contributed by atoms with Crippen LogP contribution < -0.4 is 5.32 Å². The molecule has 1 heterocycles. The number of phenols is 1. The summed E-state index contributed by atoms with van der Waals surface area (Å²) in [6, 6.07) is 12.8. The molecule has 0 aliphatic carbocycles. The molecule has 6 heteroatoms. The topological polar surface area (TPSA) is 66.4 Å². The zero-order valence-corrected chi connectivity index (χ0v) is 18.1. The summed E-state index contributed by atoms with van der Waals surface area (Å²) >= 11 is 3.35. The minimum absolute atomic E-state index is 0.0356. The summed E-state index contributed by atoms with van der Waals surface area (Å²) in [4.78, 5) is 0.219. The van der Waals surface area contributed by atoms with E-state index in [1.165, 1.54) is 6.07 Å². The first-order valence-electron chi connectivity index (χ1n) is 9.40. The molecular weight excluding hydrogens is 426 g/mol. The van der Waals surface area contributed by atoms with Crippen LogP contribution in [0.1, 0.15) is 56.7 Å². The molecule has 1 aliphatic rings. The van der Waals surface area contributed by atoms with Gasteiger partial charge in [0.25, 0.3) is 0 Å². The first kappa shape index (κ1) is 20.4. The third kappa shape index (κ3) is 4.08. The summed E-state index contributed by atoms with van der Waals surface area (Å²) in [6.07, 6.45) is 3.49. The molecule has 1 aliphatic heterocycles. The van der Waals surface area contributed by atoms with Gasteiger partial charge in [-0.05, 0) is 46.0 Å². The van der Waals surface area contributed by atoms with Crippen LogP contribution >= 0.6 is 15.9 Å². The second kappa shape index (κ2) is 7.94. The third-order valence-corrected chi connectivity index (χ3v) is 8.05. The van der Waals surface area contributed by atoms with Crippen molar-refractivity contribution in [2.24, 2.45) is 0 Å². The van der Waals surface area contributed by atoms with E-state index in [1.54, 1.807) is 6.07 Å². The highest BCUT2D eigenvalue weighted by Crippen LogP contribution is 2.41. The van der Waals surface area contributed by atoms with E-state index in [0.29, 0.717) is 10.0 Å². The van der Waals surface area contributed by atoms with E-state index in [2.05, 4.69) is 28.2 Å². The maximum atomic E-state index is 13.3. The maximum Gasteiger partial charge on any atom is 0.180 e. The average Bonchev–Trinajstić information content (AvgIpc) is 2.75. The number of rotatable bonds is 5. The number of sulfone groups is 1. The number of fused-ring (bicyclic) bond motifs is 1. The molecule has 0 radical (unpaired) electrons. The Bertz CT molecular complexity index is 915. The number of halogens is 1. The lowest BCUT2D eigenvalue weighted by Gasteiger charge is -2.36. The van der Waals surface area contributed by atoms with Crippen molar-refractivity contribution < 1.29 is 13.5 Å². The summed E-state index contributed by atoms with van der Waals surface area (Å²) in [5, 5.41) is 13.9. The number of aromatic hydroxyl groups is 1. The number of nitrogens with one attached hydrogen (secondary N) is 1. The van der Waals surface area contributed by atoms with Crippen molar-refractivity contribution in [3.63, 3.8) is 0 Å². The van der Waals surface area contributed by atoms with Gasteiger partial charge in [0.1, 0.15) is 5.75 Å². The molecule has 0 unspecified atom stereocenters. The Morgan fingerprint density at radius 3 is 2.56 bits per heavy atom. The molecule has 2 N–H and O–H groups in total. The van der Waals surface area contributed by atoms with Crippen LogP contribution in [0.25, 0.3) is 0 Å². The van der Waals surface area contributed by atoms with E-state index in [4.69, 9.17) is 0 Å². The second-order valence-corrected chi connectivity index (χ2v) is 10.1. The second-order valence-electron chi connectivity index (χ2n) is 7.33. The SMILES string of the molecule is CCCC[C@]1(CC)CS(=O)(=O)c2cc(O)c(Br)cc2[C@@H](c2ccccc2)N1. The van der Waals surface area contributed by atoms with Crippen molar-refractivity contribution in [1.29, 1.82) is 0 Å². The Kier molecular flexibility index (Phi) is 5.99. The lowest BCUT2D eigenvalue weighted by molar-refractivity contribution is 0.295. The van der Waals surface area contributed by atoms with Gasteiger partial charge in [-0.2, -0.15) is 0 Å². The fourth-order valence-electron chi connectivity index (χ4n) is 3.87. The van der Waals surface area contributed by atoms with Crippen LogP contribution in [0.3, 0.4) is 0 Å². The van der Waals surface area contributed by atoms with Crippen molar-refractivity contribution in [2.45, 2.75) is 56.0 Å². The Morgan fingerprint density at radius 1 is 1.22 bits per heavy atom. The first-order chi connectivity index (χ1) is 12.8. The highest BCUT2D eigenvalue weighted by Gasteiger charge is 2.42. The van der Waals surface area contributed by atoms with Gasteiger partial charge < -0.3 is 5.11 Å². The highest BCUT2D eigenvalue weighted by atomic mass is 79.9. The molecule has 2 atom stereocenters. The Morgan fingerprint density at radius 2 is 1.93 bits per heavy atom. The number of phenolic OH excluding ortho intramolecular Hbond substituents is 1. The fraction of sp³-hybridized carbons (Fsp3) is 0.429. The van der Waals surface area contributed by atoms with E-state index < -0.39 is 15.4 Å². The monoisotopic (exact) mass is 451 g/mol. The molecular formula is C21H26BrNO3S. The standard InChI is InChI=1S/C21H26BrNO3S/c1-3-5-11-21(4-2)14-27(25,26)19-13-18(24)17(22)12-16(19)20(23-21)15-9-7-6-8-10-15/h6-10,12-13,20,23-24H,3-5,11,14H2,1-2H3/t20-,21-/m1/s1. The normalized spacial score (nSPS) is 24.2. The quantitative estimate of drug-likeness (QED) is 0.673. The third-order valence-electron chi connectivity index (χ3n) is 5.46. The van der Waals surface area contributed by atoms with Gasteiger partial charge in [-0.15, -0.1) is 0 Å². The number of benzene rings is 2. The predicted octanol–water partition coefficient (Wildman–Crippen LogP) is 4.96. The van der Waals surface area contributed by atoms with Gasteiger partial charge in [0.15, 0.2) is 9.84 Å². The summed E-state index contributed by atoms with van der Waals surface area (Å²) < 4.78 is 27.1. The van der Waals surface area contributed by atoms with Gasteiger partial charge in [-0.25, -0.2) is 8.42 Å². The van der Waals surface area contributed by atoms with Crippen LogP contribution in [0, 0.1) is 0 Å². The van der Waals surface area contributed by atoms with Crippen LogP contribution in [0.15, 0.2) is 51.8 Å². The molecule has 3 rings (SSSR count). The summed E-state index contributed by atoms with van der Waals surface area (Å²) in [7, 11) is -3.55. The zero-order chi connectivity index (χ0) is 19.7. The van der Waals surface area contributed by atoms with Crippen molar-refractivity contribution in [2.75, 3.05) is 5.75 Å². The summed E-state index contributed by atoms with van der Waals surface area (Å²) in [6.45, 7) is 4.16. The summed E-state index contributed by atoms with van der Waals surface area (Å²) in [5.74, 6) is -0.0184. The van der Waals surface area contributed by atoms with Crippen molar-refractivity contribution in [3.8, 4) is 5.75 Å². The molecule has 2 aromatic rings. The number of hydrogen-bond acceptors (Lipinski definition) is 4. The molecule has 0 spiro atoms. The van der Waals surface area contributed by atoms with Gasteiger partial charge in [-0.3, -0.25) is 5.32 Å². The Balaban J connectivity index is 2.24. The number of hydrogen-bond donors (Lipinski definition) is 2. The van der Waals surface area contributed by atoms with Gasteiger partial charge >= 0.3 is 0 Å². The average molecular weight is 452 g/mol. The smallest absolute Gasteiger partial charge is 0.180 e. The molecule has 0 bridgehead atoms. The Hall–Kier alpha value is -1.37. The lowest BCUT2D eigenvalue weighted by Crippen LogP contribution is -2.50. The molecule has 0 fully saturated rings. The van der Waals surface area contributed by atoms with E-state index in [1.807, 2.05) is 37.3 Å². The van der Waals surface area contributed by atoms with Crippen LogP contribution in [-0.2, 0) is 9.84 Å². The van der Waals surface area contributed by atoms with E-state index in [9.17, 15) is 13.5 Å². The maximum absolute atomic E-state index is 13.3. The predicted molar refractivity (Wildman–Crippen MR) is 112 cm³/mol. The van der Waals surface area contributed by atoms with E-state index >= 15 is 0 Å². The van der Waals surface area contributed by atoms with E-state index in [0.717, 1.165) is 31.2 Å². The molecule has 146 valence electrons. The van der Waals surface area contributed by atoms with Crippen LogP contribution in [-0.4, -0.2) is 24.8 Å². The minimum atomic E-state index is -3.55. The van der Waals surface area contributed by atoms with Gasteiger partial charge in [0, 0.05) is 11.6 Å². The van der Waals surface area contributed by atoms with Gasteiger partial charge in [0.05, 0.1) is 21.2 Å². The molecule has 0 saturated carbocycles. The van der Waals surface area contributed by atoms with Crippen molar-refractivity contribution in [3.05, 3.63) is 58.1 Å². The largest absolute Gasteiger partial charge is 0.507 e. The molecule has 27 heavy (non-hydrogen) atoms. The number of unbranched alkanes of at least 4 members (excludes halogenated alkanes) is 1. The van der Waals surface area contributed by atoms with Crippen LogP contribution in [0.5, 0.6) is 5.75 Å². The van der Waals surface area contributed by atoms with E-state index in [-0.39, 0.29) is 22.4 Å². The molecule has 2 aromatic carbocycles. The summed E-state index contributed by atoms with van der Waals surface area (Å²) in [5.41, 5.74) is 1.19.